The van der Waals surface area contributed by atoms with Gasteiger partial charge < -0.3 is 4.74 Å². The van der Waals surface area contributed by atoms with Crippen molar-refractivity contribution in [2.24, 2.45) is 0 Å². The molecule has 0 aliphatic heterocycles. The van der Waals surface area contributed by atoms with Crippen molar-refractivity contribution in [2.75, 3.05) is 7.11 Å². The van der Waals surface area contributed by atoms with Crippen LogP contribution in [0.1, 0.15) is 45.3 Å². The highest BCUT2D eigenvalue weighted by atomic mass is 16.5. The second-order valence-corrected chi connectivity index (χ2v) is 5.43. The summed E-state index contributed by atoms with van der Waals surface area (Å²) in [7, 11) is 1.42. The van der Waals surface area contributed by atoms with Crippen LogP contribution in [0.25, 0.3) is 0 Å². The molecule has 2 heteroatoms. The zero-order chi connectivity index (χ0) is 14.1. The Morgan fingerprint density at radius 3 is 2.40 bits per heavy atom. The van der Waals surface area contributed by atoms with Crippen LogP contribution in [0.5, 0.6) is 0 Å². The molecule has 2 atom stereocenters. The molecular weight excluding hydrogens is 248 g/mol. The number of esters is 1. The van der Waals surface area contributed by atoms with Crippen molar-refractivity contribution < 1.29 is 9.53 Å². The molecule has 1 aliphatic carbocycles. The van der Waals surface area contributed by atoms with Crippen molar-refractivity contribution in [3.05, 3.63) is 70.8 Å². The first-order valence-corrected chi connectivity index (χ1v) is 6.94. The lowest BCUT2D eigenvalue weighted by atomic mass is 10.00. The number of rotatable bonds is 3. The average Bonchev–Trinajstić information content (AvgIpc) is 3.28. The molecule has 1 fully saturated rings. The van der Waals surface area contributed by atoms with Gasteiger partial charge in [0.15, 0.2) is 0 Å². The van der Waals surface area contributed by atoms with E-state index < -0.39 is 0 Å². The van der Waals surface area contributed by atoms with Crippen molar-refractivity contribution in [3.63, 3.8) is 0 Å². The third-order valence-corrected chi connectivity index (χ3v) is 4.10. The lowest BCUT2D eigenvalue weighted by molar-refractivity contribution is 0.0600. The number of carbonyl (C=O) groups is 1. The van der Waals surface area contributed by atoms with Crippen molar-refractivity contribution in [2.45, 2.75) is 25.2 Å². The Balaban J connectivity index is 1.80. The van der Waals surface area contributed by atoms with E-state index in [1.54, 1.807) is 0 Å². The Morgan fingerprint density at radius 2 is 1.75 bits per heavy atom. The zero-order valence-electron chi connectivity index (χ0n) is 11.8. The van der Waals surface area contributed by atoms with E-state index in [1.165, 1.54) is 24.7 Å². The molecule has 0 bridgehead atoms. The van der Waals surface area contributed by atoms with E-state index in [0.29, 0.717) is 17.4 Å². The largest absolute Gasteiger partial charge is 0.465 e. The summed E-state index contributed by atoms with van der Waals surface area (Å²) in [4.78, 5) is 11.6. The van der Waals surface area contributed by atoms with Crippen LogP contribution in [0.3, 0.4) is 0 Å². The maximum atomic E-state index is 11.6. The van der Waals surface area contributed by atoms with Crippen molar-refractivity contribution in [3.8, 4) is 0 Å². The molecule has 1 aliphatic rings. The standard InChI is InChI=1S/C18H18O2/c1-12-10-14(8-9-15(12)18(19)20-2)17-11-16(17)13-6-4-3-5-7-13/h3-10,16-17H,11H2,1-2H3. The molecule has 0 heterocycles. The molecule has 1 saturated carbocycles. The summed E-state index contributed by atoms with van der Waals surface area (Å²) < 4.78 is 4.78. The van der Waals surface area contributed by atoms with Crippen LogP contribution in [0.15, 0.2) is 48.5 Å². The lowest BCUT2D eigenvalue weighted by Crippen LogP contribution is -2.04. The Hall–Kier alpha value is -2.09. The van der Waals surface area contributed by atoms with Crippen LogP contribution >= 0.6 is 0 Å². The Bertz CT molecular complexity index is 631. The second-order valence-electron chi connectivity index (χ2n) is 5.43. The molecule has 0 spiro atoms. The van der Waals surface area contributed by atoms with Gasteiger partial charge in [-0.1, -0.05) is 42.5 Å². The first-order valence-electron chi connectivity index (χ1n) is 6.94. The van der Waals surface area contributed by atoms with Crippen LogP contribution in [0, 0.1) is 6.92 Å². The van der Waals surface area contributed by atoms with E-state index in [4.69, 9.17) is 4.74 Å². The summed E-state index contributed by atoms with van der Waals surface area (Å²) in [6.45, 7) is 1.97. The van der Waals surface area contributed by atoms with Gasteiger partial charge >= 0.3 is 5.97 Å². The minimum Gasteiger partial charge on any atom is -0.465 e. The van der Waals surface area contributed by atoms with Gasteiger partial charge in [0.05, 0.1) is 12.7 Å². The average molecular weight is 266 g/mol. The van der Waals surface area contributed by atoms with Gasteiger partial charge in [-0.05, 0) is 47.9 Å². The molecule has 0 N–H and O–H groups in total. The minimum absolute atomic E-state index is 0.260. The lowest BCUT2D eigenvalue weighted by Gasteiger charge is -2.07. The number of carbonyl (C=O) groups excluding carboxylic acids is 1. The van der Waals surface area contributed by atoms with E-state index in [9.17, 15) is 4.79 Å². The number of benzene rings is 2. The van der Waals surface area contributed by atoms with Crippen LogP contribution in [0.4, 0.5) is 0 Å². The zero-order valence-corrected chi connectivity index (χ0v) is 11.8. The highest BCUT2D eigenvalue weighted by molar-refractivity contribution is 5.91. The molecular formula is C18H18O2. The molecule has 20 heavy (non-hydrogen) atoms. The number of hydrogen-bond acceptors (Lipinski definition) is 2. The van der Waals surface area contributed by atoms with E-state index in [1.807, 2.05) is 13.0 Å². The molecule has 2 unspecified atom stereocenters. The van der Waals surface area contributed by atoms with Gasteiger partial charge in [-0.15, -0.1) is 0 Å². The van der Waals surface area contributed by atoms with Gasteiger partial charge in [0.2, 0.25) is 0 Å². The number of methoxy groups -OCH3 is 1. The minimum atomic E-state index is -0.260. The monoisotopic (exact) mass is 266 g/mol. The summed E-state index contributed by atoms with van der Waals surface area (Å²) in [6, 6.07) is 16.7. The van der Waals surface area contributed by atoms with Gasteiger partial charge in [-0.2, -0.15) is 0 Å². The molecule has 102 valence electrons. The molecule has 2 aromatic rings. The summed E-state index contributed by atoms with van der Waals surface area (Å²) >= 11 is 0. The normalized spacial score (nSPS) is 20.5. The topological polar surface area (TPSA) is 26.3 Å². The molecule has 0 radical (unpaired) electrons. The highest BCUT2D eigenvalue weighted by Crippen LogP contribution is 2.54. The molecule has 0 saturated heterocycles. The molecule has 0 aromatic heterocycles. The Morgan fingerprint density at radius 1 is 1.05 bits per heavy atom. The number of hydrogen-bond donors (Lipinski definition) is 0. The SMILES string of the molecule is COC(=O)c1ccc(C2CC2c2ccccc2)cc1C. The Kier molecular flexibility index (Phi) is 3.31. The first kappa shape index (κ1) is 12.9. The molecule has 2 nitrogen and oxygen atoms in total. The smallest absolute Gasteiger partial charge is 0.338 e. The predicted octanol–water partition coefficient (Wildman–Crippen LogP) is 4.05. The van der Waals surface area contributed by atoms with Crippen molar-refractivity contribution in [1.29, 1.82) is 0 Å². The third kappa shape index (κ3) is 2.34. The quantitative estimate of drug-likeness (QED) is 0.783. The van der Waals surface area contributed by atoms with Crippen LogP contribution < -0.4 is 0 Å². The third-order valence-electron chi connectivity index (χ3n) is 4.10. The van der Waals surface area contributed by atoms with E-state index >= 15 is 0 Å². The predicted molar refractivity (Wildman–Crippen MR) is 79.1 cm³/mol. The summed E-state index contributed by atoms with van der Waals surface area (Å²) in [5.74, 6) is 0.951. The van der Waals surface area contributed by atoms with Gasteiger partial charge in [-0.3, -0.25) is 0 Å². The maximum absolute atomic E-state index is 11.6. The van der Waals surface area contributed by atoms with Crippen LogP contribution in [-0.2, 0) is 4.74 Å². The summed E-state index contributed by atoms with van der Waals surface area (Å²) in [5.41, 5.74) is 4.39. The van der Waals surface area contributed by atoms with Gasteiger partial charge in [0, 0.05) is 0 Å². The molecule has 0 amide bonds. The molecule has 2 aromatic carbocycles. The first-order chi connectivity index (χ1) is 9.70. The second kappa shape index (κ2) is 5.12. The van der Waals surface area contributed by atoms with E-state index in [2.05, 4.69) is 42.5 Å². The van der Waals surface area contributed by atoms with Gasteiger partial charge in [0.1, 0.15) is 0 Å². The van der Waals surface area contributed by atoms with Gasteiger partial charge in [-0.25, -0.2) is 4.79 Å². The fraction of sp³-hybridized carbons (Fsp3) is 0.278. The molecule has 3 rings (SSSR count). The van der Waals surface area contributed by atoms with Crippen molar-refractivity contribution in [1.82, 2.24) is 0 Å². The van der Waals surface area contributed by atoms with E-state index in [-0.39, 0.29) is 5.97 Å². The fourth-order valence-corrected chi connectivity index (χ4v) is 2.89. The fourth-order valence-electron chi connectivity index (χ4n) is 2.89. The number of aryl methyl sites for hydroxylation is 1. The highest BCUT2D eigenvalue weighted by Gasteiger charge is 2.39. The Labute approximate surface area is 119 Å². The van der Waals surface area contributed by atoms with E-state index in [0.717, 1.165) is 5.56 Å². The van der Waals surface area contributed by atoms with Gasteiger partial charge in [0.25, 0.3) is 0 Å². The summed E-state index contributed by atoms with van der Waals surface area (Å²) in [6.07, 6.45) is 1.20. The van der Waals surface area contributed by atoms with Crippen molar-refractivity contribution >= 4 is 5.97 Å². The van der Waals surface area contributed by atoms with Crippen LogP contribution in [0.2, 0.25) is 0 Å². The maximum Gasteiger partial charge on any atom is 0.338 e. The summed E-state index contributed by atoms with van der Waals surface area (Å²) in [5, 5.41) is 0. The number of ether oxygens (including phenoxy) is 1. The van der Waals surface area contributed by atoms with Crippen LogP contribution in [-0.4, -0.2) is 13.1 Å².